The molecule has 2 aliphatic rings. The molecule has 9 aromatic carbocycles. The predicted octanol–water partition coefficient (Wildman–Crippen LogP) is 14.2. The van der Waals surface area contributed by atoms with E-state index in [1.807, 2.05) is 24.3 Å². The molecule has 0 saturated heterocycles. The Bertz CT molecular complexity index is 3380. The third-order valence-corrected chi connectivity index (χ3v) is 12.8. The van der Waals surface area contributed by atoms with Gasteiger partial charge in [0, 0.05) is 16.7 Å². The van der Waals surface area contributed by atoms with Gasteiger partial charge in [0.1, 0.15) is 0 Å². The van der Waals surface area contributed by atoms with Crippen LogP contribution in [-0.2, 0) is 5.41 Å². The first-order valence-electron chi connectivity index (χ1n) is 20.7. The molecule has 1 heterocycles. The molecular formula is C58H35N3. The number of aromatic nitrogens is 2. The second kappa shape index (κ2) is 13.7. The van der Waals surface area contributed by atoms with Crippen LogP contribution < -0.4 is 0 Å². The van der Waals surface area contributed by atoms with Crippen molar-refractivity contribution in [2.45, 2.75) is 5.41 Å². The molecule has 282 valence electrons. The Balaban J connectivity index is 1.08. The zero-order valence-corrected chi connectivity index (χ0v) is 33.0. The molecule has 0 bridgehead atoms. The molecule has 61 heavy (non-hydrogen) atoms. The number of nitrogens with zero attached hydrogens (tertiary/aromatic N) is 3. The molecule has 2 aliphatic carbocycles. The van der Waals surface area contributed by atoms with Crippen LogP contribution in [0.1, 0.15) is 27.8 Å². The van der Waals surface area contributed by atoms with Crippen molar-refractivity contribution in [2.75, 3.05) is 0 Å². The number of nitriles is 1. The number of fused-ring (bicyclic) bond motifs is 13. The van der Waals surface area contributed by atoms with Gasteiger partial charge in [-0.1, -0.05) is 188 Å². The van der Waals surface area contributed by atoms with Gasteiger partial charge in [-0.25, -0.2) is 9.97 Å². The smallest absolute Gasteiger partial charge is 0.160 e. The third-order valence-electron chi connectivity index (χ3n) is 12.8. The molecule has 0 fully saturated rings. The Morgan fingerprint density at radius 2 is 0.787 bits per heavy atom. The van der Waals surface area contributed by atoms with Crippen LogP contribution in [0.3, 0.4) is 0 Å². The maximum atomic E-state index is 9.60. The fourth-order valence-corrected chi connectivity index (χ4v) is 10.1. The molecule has 12 rings (SSSR count). The lowest BCUT2D eigenvalue weighted by atomic mass is 9.66. The molecule has 0 saturated carbocycles. The summed E-state index contributed by atoms with van der Waals surface area (Å²) in [6.07, 6.45) is 0. The van der Waals surface area contributed by atoms with Crippen molar-refractivity contribution in [3.63, 3.8) is 0 Å². The van der Waals surface area contributed by atoms with Crippen molar-refractivity contribution in [1.82, 2.24) is 9.97 Å². The van der Waals surface area contributed by atoms with Crippen molar-refractivity contribution >= 4 is 10.8 Å². The number of benzene rings is 9. The molecular weight excluding hydrogens is 739 g/mol. The van der Waals surface area contributed by atoms with Crippen molar-refractivity contribution < 1.29 is 0 Å². The van der Waals surface area contributed by atoms with Gasteiger partial charge in [-0.3, -0.25) is 0 Å². The van der Waals surface area contributed by atoms with E-state index in [1.165, 1.54) is 66.4 Å². The molecule has 0 atom stereocenters. The fraction of sp³-hybridized carbons (Fsp3) is 0.0172. The van der Waals surface area contributed by atoms with E-state index in [4.69, 9.17) is 9.97 Å². The standard InChI is InChI=1S/C58H35N3/c59-36-37-24-26-40(27-25-37)55-35-56(41-30-28-39(29-31-41)44-20-11-13-38-12-1-2-14-43(38)44)61-57(60-55)42-32-33-54-50(34-42)46-16-4-3-15-45(46)47-17-5-8-21-51(47)58(54)52-22-9-6-18-48(52)49-19-7-10-23-53(49)58/h1-35H. The molecule has 0 amide bonds. The zero-order chi connectivity index (χ0) is 40.5. The van der Waals surface area contributed by atoms with E-state index >= 15 is 0 Å². The average molecular weight is 774 g/mol. The maximum absolute atomic E-state index is 9.60. The summed E-state index contributed by atoms with van der Waals surface area (Å²) in [4.78, 5) is 10.6. The minimum Gasteiger partial charge on any atom is -0.228 e. The molecule has 1 spiro atoms. The number of rotatable bonds is 4. The maximum Gasteiger partial charge on any atom is 0.160 e. The first-order valence-corrected chi connectivity index (χ1v) is 20.7. The Morgan fingerprint density at radius 3 is 1.41 bits per heavy atom. The van der Waals surface area contributed by atoms with Crippen LogP contribution in [0.4, 0.5) is 0 Å². The van der Waals surface area contributed by atoms with Crippen molar-refractivity contribution in [1.29, 1.82) is 5.26 Å². The van der Waals surface area contributed by atoms with Crippen LogP contribution in [0.15, 0.2) is 212 Å². The van der Waals surface area contributed by atoms with Gasteiger partial charge in [-0.2, -0.15) is 5.26 Å². The second-order valence-electron chi connectivity index (χ2n) is 15.9. The molecule has 3 nitrogen and oxygen atoms in total. The molecule has 0 N–H and O–H groups in total. The predicted molar refractivity (Wildman–Crippen MR) is 248 cm³/mol. The largest absolute Gasteiger partial charge is 0.228 e. The Hall–Kier alpha value is -8.19. The molecule has 3 heteroatoms. The summed E-state index contributed by atoms with van der Waals surface area (Å²) in [5, 5.41) is 12.0. The SMILES string of the molecule is N#Cc1ccc(-c2cc(-c3ccc(-c4cccc5ccccc45)cc3)nc(-c3ccc4c(c3)-c3ccccc3-c3ccccc3C43c4ccccc4-c4ccccc43)n2)cc1. The van der Waals surface area contributed by atoms with Crippen molar-refractivity contribution in [2.24, 2.45) is 0 Å². The van der Waals surface area contributed by atoms with Crippen LogP contribution in [-0.4, -0.2) is 9.97 Å². The highest BCUT2D eigenvalue weighted by molar-refractivity contribution is 5.99. The lowest BCUT2D eigenvalue weighted by Gasteiger charge is -2.35. The molecule has 0 unspecified atom stereocenters. The van der Waals surface area contributed by atoms with Gasteiger partial charge >= 0.3 is 0 Å². The third kappa shape index (κ3) is 5.29. The van der Waals surface area contributed by atoms with E-state index in [2.05, 4.69) is 194 Å². The lowest BCUT2D eigenvalue weighted by Crippen LogP contribution is -2.29. The van der Waals surface area contributed by atoms with Gasteiger partial charge in [0.25, 0.3) is 0 Å². The Morgan fingerprint density at radius 1 is 0.344 bits per heavy atom. The van der Waals surface area contributed by atoms with Crippen molar-refractivity contribution in [3.05, 3.63) is 240 Å². The van der Waals surface area contributed by atoms with Crippen LogP contribution in [0, 0.1) is 11.3 Å². The molecule has 10 aromatic rings. The van der Waals surface area contributed by atoms with E-state index in [0.29, 0.717) is 11.4 Å². The number of hydrogen-bond donors (Lipinski definition) is 0. The monoisotopic (exact) mass is 773 g/mol. The second-order valence-corrected chi connectivity index (χ2v) is 15.9. The van der Waals surface area contributed by atoms with Gasteiger partial charge in [-0.15, -0.1) is 0 Å². The highest BCUT2D eigenvalue weighted by atomic mass is 14.9. The highest BCUT2D eigenvalue weighted by Gasteiger charge is 2.49. The normalized spacial score (nSPS) is 12.7. The summed E-state index contributed by atoms with van der Waals surface area (Å²) in [6, 6.07) is 78.2. The minimum absolute atomic E-state index is 0.557. The van der Waals surface area contributed by atoms with E-state index in [0.717, 1.165) is 39.2 Å². The van der Waals surface area contributed by atoms with Crippen LogP contribution in [0.2, 0.25) is 0 Å². The highest BCUT2D eigenvalue weighted by Crippen LogP contribution is 2.61. The lowest BCUT2D eigenvalue weighted by molar-refractivity contribution is 0.775. The molecule has 0 aliphatic heterocycles. The Labute approximate surface area is 354 Å². The summed E-state index contributed by atoms with van der Waals surface area (Å²) in [6.45, 7) is 0. The van der Waals surface area contributed by atoms with Gasteiger partial charge in [0.15, 0.2) is 5.82 Å². The molecule has 1 aromatic heterocycles. The summed E-state index contributed by atoms with van der Waals surface area (Å²) in [7, 11) is 0. The summed E-state index contributed by atoms with van der Waals surface area (Å²) in [5.74, 6) is 0.637. The minimum atomic E-state index is -0.557. The zero-order valence-electron chi connectivity index (χ0n) is 33.0. The van der Waals surface area contributed by atoms with Gasteiger partial charge in [-0.05, 0) is 102 Å². The van der Waals surface area contributed by atoms with Gasteiger partial charge < -0.3 is 0 Å². The molecule has 0 radical (unpaired) electrons. The summed E-state index contributed by atoms with van der Waals surface area (Å²) in [5.41, 5.74) is 19.3. The van der Waals surface area contributed by atoms with Crippen LogP contribution in [0.25, 0.3) is 89.2 Å². The summed E-state index contributed by atoms with van der Waals surface area (Å²) >= 11 is 0. The first-order chi connectivity index (χ1) is 30.2. The van der Waals surface area contributed by atoms with E-state index < -0.39 is 5.41 Å². The average Bonchev–Trinajstić information content (AvgIpc) is 3.58. The first kappa shape index (κ1) is 34.8. The van der Waals surface area contributed by atoms with E-state index in [9.17, 15) is 5.26 Å². The van der Waals surface area contributed by atoms with Crippen LogP contribution in [0.5, 0.6) is 0 Å². The van der Waals surface area contributed by atoms with Gasteiger partial charge in [0.05, 0.1) is 28.4 Å². The van der Waals surface area contributed by atoms with Gasteiger partial charge in [0.2, 0.25) is 0 Å². The van der Waals surface area contributed by atoms with E-state index in [-0.39, 0.29) is 0 Å². The van der Waals surface area contributed by atoms with E-state index in [1.54, 1.807) is 0 Å². The van der Waals surface area contributed by atoms with Crippen molar-refractivity contribution in [3.8, 4) is 84.5 Å². The topological polar surface area (TPSA) is 49.6 Å². The quantitative estimate of drug-likeness (QED) is 0.179. The summed E-state index contributed by atoms with van der Waals surface area (Å²) < 4.78 is 0. The fourth-order valence-electron chi connectivity index (χ4n) is 10.1. The number of hydrogen-bond acceptors (Lipinski definition) is 3. The van der Waals surface area contributed by atoms with Crippen LogP contribution >= 0.6 is 0 Å². The Kier molecular flexibility index (Phi) is 7.82.